The molecule has 8 nitrogen and oxygen atoms in total. The lowest BCUT2D eigenvalue weighted by Gasteiger charge is -2.46. The second-order valence-electron chi connectivity index (χ2n) is 6.45. The summed E-state index contributed by atoms with van der Waals surface area (Å²) in [6.07, 6.45) is 0. The molecular formula is C20H20NO7-. The minimum absolute atomic E-state index is 0.00826. The number of fused-ring (bicyclic) bond motifs is 1. The Morgan fingerprint density at radius 3 is 2.07 bits per heavy atom. The molecule has 2 aromatic carbocycles. The van der Waals surface area contributed by atoms with Gasteiger partial charge in [0.2, 0.25) is 0 Å². The molecule has 8 heteroatoms. The van der Waals surface area contributed by atoms with E-state index in [4.69, 9.17) is 18.9 Å². The molecule has 3 rings (SSSR count). The normalized spacial score (nSPS) is 23.1. The fraction of sp³-hybridized carbons (Fsp3) is 0.300. The Labute approximate surface area is 162 Å². The second kappa shape index (κ2) is 7.14. The van der Waals surface area contributed by atoms with E-state index in [9.17, 15) is 14.7 Å². The van der Waals surface area contributed by atoms with Crippen molar-refractivity contribution in [3.8, 4) is 11.5 Å². The topological polar surface area (TPSA) is 106 Å². The van der Waals surface area contributed by atoms with Crippen LogP contribution >= 0.6 is 0 Å². The predicted octanol–water partition coefficient (Wildman–Crippen LogP) is 1.80. The average molecular weight is 386 g/mol. The van der Waals surface area contributed by atoms with Gasteiger partial charge >= 0.3 is 0 Å². The van der Waals surface area contributed by atoms with Gasteiger partial charge in [0.25, 0.3) is 17.5 Å². The first-order valence-corrected chi connectivity index (χ1v) is 8.47. The lowest BCUT2D eigenvalue weighted by atomic mass is 10.1. The maximum atomic E-state index is 12.5. The summed E-state index contributed by atoms with van der Waals surface area (Å²) >= 11 is 0. The van der Waals surface area contributed by atoms with E-state index >= 15 is 0 Å². The molecule has 2 aromatic rings. The molecule has 1 heterocycles. The number of rotatable bonds is 5. The first-order chi connectivity index (χ1) is 13.2. The van der Waals surface area contributed by atoms with Gasteiger partial charge in [0.15, 0.2) is 11.5 Å². The van der Waals surface area contributed by atoms with Crippen LogP contribution in [0.3, 0.4) is 0 Å². The Hall–Kier alpha value is -3.10. The van der Waals surface area contributed by atoms with Crippen LogP contribution < -0.4 is 19.9 Å². The summed E-state index contributed by atoms with van der Waals surface area (Å²) < 4.78 is 22.7. The number of benzene rings is 2. The molecule has 0 bridgehead atoms. The van der Waals surface area contributed by atoms with Gasteiger partial charge in [-0.05, 0) is 18.2 Å². The fourth-order valence-electron chi connectivity index (χ4n) is 2.87. The van der Waals surface area contributed by atoms with Crippen molar-refractivity contribution in [2.45, 2.75) is 25.4 Å². The number of aromatic carboxylic acids is 1. The van der Waals surface area contributed by atoms with Crippen LogP contribution in [0.2, 0.25) is 0 Å². The van der Waals surface area contributed by atoms with E-state index in [0.717, 1.165) is 0 Å². The van der Waals surface area contributed by atoms with Gasteiger partial charge in [-0.25, -0.2) is 0 Å². The van der Waals surface area contributed by atoms with Crippen LogP contribution in [0.1, 0.15) is 34.6 Å². The Balaban J connectivity index is 1.89. The summed E-state index contributed by atoms with van der Waals surface area (Å²) in [6.45, 7) is 3.35. The summed E-state index contributed by atoms with van der Waals surface area (Å²) in [5.74, 6) is -3.70. The minimum atomic E-state index is -1.43. The SMILES string of the molecule is COC1(C)Oc2ccc(NC(=O)c3ccccc3C(=O)[O-])cc2OC1(C)OC. The van der Waals surface area contributed by atoms with Crippen molar-refractivity contribution in [1.29, 1.82) is 0 Å². The second-order valence-corrected chi connectivity index (χ2v) is 6.45. The molecule has 0 saturated carbocycles. The van der Waals surface area contributed by atoms with Gasteiger partial charge in [-0.3, -0.25) is 4.79 Å². The van der Waals surface area contributed by atoms with E-state index in [1.807, 2.05) is 0 Å². The standard InChI is InChI=1S/C20H21NO7/c1-19(25-3)20(2,26-4)28-16-11-12(9-10-15(16)27-19)21-17(22)13-7-5-6-8-14(13)18(23)24/h5-11H,1-4H3,(H,21,22)(H,23,24)/p-1. The Kier molecular flexibility index (Phi) is 5.01. The highest BCUT2D eigenvalue weighted by molar-refractivity contribution is 6.10. The summed E-state index contributed by atoms with van der Waals surface area (Å²) in [5, 5.41) is 13.9. The molecule has 0 aromatic heterocycles. The quantitative estimate of drug-likeness (QED) is 0.835. The van der Waals surface area contributed by atoms with Crippen molar-refractivity contribution in [2.24, 2.45) is 0 Å². The van der Waals surface area contributed by atoms with Crippen molar-refractivity contribution in [3.63, 3.8) is 0 Å². The minimum Gasteiger partial charge on any atom is -0.545 e. The third-order valence-corrected chi connectivity index (χ3v) is 4.81. The van der Waals surface area contributed by atoms with Crippen LogP contribution in [0.25, 0.3) is 0 Å². The molecule has 2 unspecified atom stereocenters. The zero-order valence-electron chi connectivity index (χ0n) is 15.9. The predicted molar refractivity (Wildman–Crippen MR) is 97.3 cm³/mol. The van der Waals surface area contributed by atoms with Crippen LogP contribution in [-0.4, -0.2) is 37.7 Å². The van der Waals surface area contributed by atoms with Crippen LogP contribution in [0.5, 0.6) is 11.5 Å². The number of ether oxygens (including phenoxy) is 4. The number of methoxy groups -OCH3 is 2. The number of carbonyl (C=O) groups is 2. The molecule has 0 radical (unpaired) electrons. The Morgan fingerprint density at radius 2 is 1.50 bits per heavy atom. The molecule has 0 fully saturated rings. The van der Waals surface area contributed by atoms with Crippen molar-refractivity contribution >= 4 is 17.6 Å². The first-order valence-electron chi connectivity index (χ1n) is 8.47. The zero-order valence-corrected chi connectivity index (χ0v) is 15.9. The van der Waals surface area contributed by atoms with Gasteiger partial charge in [0.05, 0.1) is 5.97 Å². The van der Waals surface area contributed by atoms with Crippen molar-refractivity contribution in [2.75, 3.05) is 19.5 Å². The summed E-state index contributed by atoms with van der Waals surface area (Å²) in [5.41, 5.74) is 0.186. The zero-order chi connectivity index (χ0) is 20.5. The number of carboxylic acid groups (broad SMARTS) is 1. The van der Waals surface area contributed by atoms with Gasteiger partial charge in [0.1, 0.15) is 0 Å². The highest BCUT2D eigenvalue weighted by Crippen LogP contribution is 2.45. The molecule has 1 aliphatic heterocycles. The number of amides is 1. The maximum Gasteiger partial charge on any atom is 0.273 e. The molecule has 148 valence electrons. The van der Waals surface area contributed by atoms with E-state index < -0.39 is 23.5 Å². The number of anilines is 1. The highest BCUT2D eigenvalue weighted by atomic mass is 16.8. The third-order valence-electron chi connectivity index (χ3n) is 4.81. The fourth-order valence-corrected chi connectivity index (χ4v) is 2.87. The van der Waals surface area contributed by atoms with Crippen molar-refractivity contribution in [3.05, 3.63) is 53.6 Å². The molecule has 2 atom stereocenters. The first kappa shape index (κ1) is 19.7. The molecule has 1 aliphatic rings. The van der Waals surface area contributed by atoms with Crippen molar-refractivity contribution in [1.82, 2.24) is 0 Å². The third kappa shape index (κ3) is 3.28. The number of hydrogen-bond acceptors (Lipinski definition) is 7. The number of nitrogens with one attached hydrogen (secondary N) is 1. The number of carbonyl (C=O) groups excluding carboxylic acids is 2. The van der Waals surface area contributed by atoms with Gasteiger partial charge in [-0.2, -0.15) is 0 Å². The maximum absolute atomic E-state index is 12.5. The summed E-state index contributed by atoms with van der Waals surface area (Å²) in [6, 6.07) is 10.6. The van der Waals surface area contributed by atoms with E-state index in [1.165, 1.54) is 32.4 Å². The van der Waals surface area contributed by atoms with Crippen molar-refractivity contribution < 1.29 is 33.6 Å². The van der Waals surface area contributed by atoms with Gasteiger partial charge in [-0.15, -0.1) is 0 Å². The van der Waals surface area contributed by atoms with E-state index in [-0.39, 0.29) is 11.1 Å². The number of hydrogen-bond donors (Lipinski definition) is 1. The van der Waals surface area contributed by atoms with Crippen LogP contribution in [0.4, 0.5) is 5.69 Å². The van der Waals surface area contributed by atoms with Crippen LogP contribution in [0.15, 0.2) is 42.5 Å². The molecular weight excluding hydrogens is 366 g/mol. The van der Waals surface area contributed by atoms with Crippen LogP contribution in [0, 0.1) is 0 Å². The summed E-state index contributed by atoms with van der Waals surface area (Å²) in [7, 11) is 2.95. The molecule has 0 aliphatic carbocycles. The number of carboxylic acids is 1. The van der Waals surface area contributed by atoms with E-state index in [0.29, 0.717) is 17.2 Å². The average Bonchev–Trinajstić information content (AvgIpc) is 2.69. The largest absolute Gasteiger partial charge is 0.545 e. The van der Waals surface area contributed by atoms with Crippen LogP contribution in [-0.2, 0) is 9.47 Å². The Morgan fingerprint density at radius 1 is 0.929 bits per heavy atom. The molecule has 0 spiro atoms. The lowest BCUT2D eigenvalue weighted by molar-refractivity contribution is -0.345. The lowest BCUT2D eigenvalue weighted by Crippen LogP contribution is -2.62. The monoisotopic (exact) mass is 386 g/mol. The molecule has 0 saturated heterocycles. The smallest absolute Gasteiger partial charge is 0.273 e. The Bertz CT molecular complexity index is 929. The van der Waals surface area contributed by atoms with Gasteiger partial charge < -0.3 is 34.2 Å². The van der Waals surface area contributed by atoms with Gasteiger partial charge in [-0.1, -0.05) is 18.2 Å². The van der Waals surface area contributed by atoms with E-state index in [2.05, 4.69) is 5.32 Å². The van der Waals surface area contributed by atoms with Gasteiger partial charge in [0, 0.05) is 50.9 Å². The van der Waals surface area contributed by atoms with E-state index in [1.54, 1.807) is 38.1 Å². The highest BCUT2D eigenvalue weighted by Gasteiger charge is 2.54. The molecule has 28 heavy (non-hydrogen) atoms. The summed E-state index contributed by atoms with van der Waals surface area (Å²) in [4.78, 5) is 23.7. The molecule has 1 N–H and O–H groups in total. The molecule has 1 amide bonds.